The van der Waals surface area contributed by atoms with Gasteiger partial charge >= 0.3 is 0 Å². The summed E-state index contributed by atoms with van der Waals surface area (Å²) < 4.78 is 12.7. The molecule has 98 valence electrons. The second-order valence-electron chi connectivity index (χ2n) is 4.89. The third-order valence-electron chi connectivity index (χ3n) is 3.60. The second-order valence-corrected chi connectivity index (χ2v) is 5.75. The average Bonchev–Trinajstić information content (AvgIpc) is 2.94. The van der Waals surface area contributed by atoms with Gasteiger partial charge in [-0.05, 0) is 30.5 Å². The molecule has 18 heavy (non-hydrogen) atoms. The maximum Gasteiger partial charge on any atom is 0.251 e. The lowest BCUT2D eigenvalue weighted by Crippen LogP contribution is -2.34. The van der Waals surface area contributed by atoms with Crippen molar-refractivity contribution in [1.29, 1.82) is 0 Å². The lowest BCUT2D eigenvalue weighted by Gasteiger charge is -2.21. The van der Waals surface area contributed by atoms with Gasteiger partial charge in [0, 0.05) is 23.9 Å². The van der Waals surface area contributed by atoms with E-state index < -0.39 is 11.9 Å². The van der Waals surface area contributed by atoms with E-state index in [1.807, 2.05) is 12.1 Å². The molecule has 0 bridgehead atoms. The predicted molar refractivity (Wildman–Crippen MR) is 70.6 cm³/mol. The summed E-state index contributed by atoms with van der Waals surface area (Å²) in [7, 11) is 0. The third kappa shape index (κ3) is 1.90. The van der Waals surface area contributed by atoms with Crippen LogP contribution >= 0.6 is 15.9 Å². The van der Waals surface area contributed by atoms with Gasteiger partial charge in [-0.2, -0.15) is 0 Å². The molecule has 1 saturated carbocycles. The van der Waals surface area contributed by atoms with E-state index in [9.17, 15) is 5.11 Å². The Labute approximate surface area is 114 Å². The van der Waals surface area contributed by atoms with E-state index in [1.54, 1.807) is 0 Å². The quantitative estimate of drug-likeness (QED) is 0.880. The van der Waals surface area contributed by atoms with Crippen LogP contribution in [0.3, 0.4) is 0 Å². The van der Waals surface area contributed by atoms with Crippen LogP contribution in [0, 0.1) is 0 Å². The molecule has 2 aliphatic rings. The zero-order valence-corrected chi connectivity index (χ0v) is 11.6. The van der Waals surface area contributed by atoms with E-state index in [4.69, 9.17) is 15.2 Å². The topological polar surface area (TPSA) is 64.7 Å². The summed E-state index contributed by atoms with van der Waals surface area (Å²) in [6.45, 7) is 0.184. The molecule has 0 aromatic heterocycles. The number of hydrogen-bond acceptors (Lipinski definition) is 4. The zero-order chi connectivity index (χ0) is 12.8. The Morgan fingerprint density at radius 1 is 1.28 bits per heavy atom. The molecule has 1 atom stereocenters. The number of aliphatic hydroxyl groups is 1. The summed E-state index contributed by atoms with van der Waals surface area (Å²) in [6.07, 6.45) is 3.43. The molecule has 1 aliphatic heterocycles. The number of benzene rings is 1. The van der Waals surface area contributed by atoms with Gasteiger partial charge in [0.15, 0.2) is 11.5 Å². The number of aliphatic hydroxyl groups excluding tert-OH is 1. The van der Waals surface area contributed by atoms with Gasteiger partial charge in [0.25, 0.3) is 5.79 Å². The molecule has 4 nitrogen and oxygen atoms in total. The number of rotatable bonds is 2. The zero-order valence-electron chi connectivity index (χ0n) is 9.99. The molecule has 3 N–H and O–H groups in total. The fourth-order valence-corrected chi connectivity index (χ4v) is 3.22. The second kappa shape index (κ2) is 4.40. The van der Waals surface area contributed by atoms with E-state index in [0.717, 1.165) is 41.5 Å². The van der Waals surface area contributed by atoms with Crippen LogP contribution in [0.2, 0.25) is 0 Å². The van der Waals surface area contributed by atoms with E-state index in [-0.39, 0.29) is 6.54 Å². The Hall–Kier alpha value is -0.780. The van der Waals surface area contributed by atoms with Gasteiger partial charge in [-0.25, -0.2) is 0 Å². The van der Waals surface area contributed by atoms with Gasteiger partial charge < -0.3 is 20.3 Å². The van der Waals surface area contributed by atoms with Crippen LogP contribution in [0.1, 0.15) is 37.4 Å². The normalized spacial score (nSPS) is 21.5. The van der Waals surface area contributed by atoms with Gasteiger partial charge in [-0.15, -0.1) is 0 Å². The summed E-state index contributed by atoms with van der Waals surface area (Å²) >= 11 is 3.44. The van der Waals surface area contributed by atoms with E-state index >= 15 is 0 Å². The molecule has 1 heterocycles. The van der Waals surface area contributed by atoms with Crippen molar-refractivity contribution < 1.29 is 14.6 Å². The summed E-state index contributed by atoms with van der Waals surface area (Å²) in [5.41, 5.74) is 6.24. The minimum Gasteiger partial charge on any atom is -0.448 e. The first kappa shape index (κ1) is 12.3. The monoisotopic (exact) mass is 313 g/mol. The largest absolute Gasteiger partial charge is 0.448 e. The summed E-state index contributed by atoms with van der Waals surface area (Å²) in [6, 6.07) is 3.68. The van der Waals surface area contributed by atoms with Crippen LogP contribution in [0.15, 0.2) is 16.6 Å². The van der Waals surface area contributed by atoms with Crippen LogP contribution in [0.25, 0.3) is 0 Å². The molecule has 1 fully saturated rings. The first-order chi connectivity index (χ1) is 8.63. The molecule has 1 aliphatic carbocycles. The molecule has 0 saturated heterocycles. The number of halogens is 1. The highest BCUT2D eigenvalue weighted by Gasteiger charge is 2.44. The molecule has 1 aromatic carbocycles. The molecule has 3 rings (SSSR count). The third-order valence-corrected chi connectivity index (χ3v) is 4.29. The summed E-state index contributed by atoms with van der Waals surface area (Å²) in [5, 5.41) is 9.85. The van der Waals surface area contributed by atoms with Crippen LogP contribution < -0.4 is 15.2 Å². The molecule has 5 heteroatoms. The van der Waals surface area contributed by atoms with Crippen molar-refractivity contribution in [2.75, 3.05) is 6.54 Å². The molecule has 1 aromatic rings. The van der Waals surface area contributed by atoms with Crippen molar-refractivity contribution in [1.82, 2.24) is 0 Å². The van der Waals surface area contributed by atoms with Gasteiger partial charge in [-0.3, -0.25) is 0 Å². The smallest absolute Gasteiger partial charge is 0.251 e. The summed E-state index contributed by atoms with van der Waals surface area (Å²) in [4.78, 5) is 0. The van der Waals surface area contributed by atoms with Crippen molar-refractivity contribution in [3.63, 3.8) is 0 Å². The van der Waals surface area contributed by atoms with Gasteiger partial charge in [0.2, 0.25) is 0 Å². The highest BCUT2D eigenvalue weighted by Crippen LogP contribution is 2.48. The number of hydrogen-bond donors (Lipinski definition) is 2. The Balaban J connectivity index is 1.94. The number of fused-ring (bicyclic) bond motifs is 1. The first-order valence-corrected chi connectivity index (χ1v) is 7.02. The minimum atomic E-state index is -0.687. The molecule has 1 spiro atoms. The minimum absolute atomic E-state index is 0.184. The lowest BCUT2D eigenvalue weighted by molar-refractivity contribution is -0.0716. The van der Waals surface area contributed by atoms with E-state index in [2.05, 4.69) is 15.9 Å². The highest BCUT2D eigenvalue weighted by atomic mass is 79.9. The maximum absolute atomic E-state index is 9.85. The summed E-state index contributed by atoms with van der Waals surface area (Å²) in [5.74, 6) is 0.994. The Morgan fingerprint density at radius 2 is 1.89 bits per heavy atom. The Kier molecular flexibility index (Phi) is 3.00. The number of nitrogens with two attached hydrogens (primary N) is 1. The fourth-order valence-electron chi connectivity index (χ4n) is 2.63. The van der Waals surface area contributed by atoms with E-state index in [0.29, 0.717) is 5.75 Å². The van der Waals surface area contributed by atoms with Crippen molar-refractivity contribution in [3.05, 3.63) is 22.2 Å². The molecule has 1 unspecified atom stereocenters. The predicted octanol–water partition coefficient (Wildman–Crippen LogP) is 2.48. The van der Waals surface area contributed by atoms with Crippen molar-refractivity contribution in [2.24, 2.45) is 5.73 Å². The van der Waals surface area contributed by atoms with Crippen molar-refractivity contribution in [2.45, 2.75) is 37.6 Å². The molecule has 0 amide bonds. The van der Waals surface area contributed by atoms with Gasteiger partial charge in [0.1, 0.15) is 0 Å². The molecular formula is C13H16BrNO3. The standard InChI is InChI=1S/C13H16BrNO3/c14-9-6-12-11(5-8(9)10(16)7-15)17-13(18-12)3-1-2-4-13/h5-6,10,16H,1-4,7,15H2. The van der Waals surface area contributed by atoms with Crippen molar-refractivity contribution >= 4 is 15.9 Å². The average molecular weight is 314 g/mol. The van der Waals surface area contributed by atoms with Crippen LogP contribution in [-0.4, -0.2) is 17.4 Å². The van der Waals surface area contributed by atoms with Crippen LogP contribution in [-0.2, 0) is 0 Å². The highest BCUT2D eigenvalue weighted by molar-refractivity contribution is 9.10. The Bertz CT molecular complexity index is 472. The van der Waals surface area contributed by atoms with Gasteiger partial charge in [-0.1, -0.05) is 15.9 Å². The molecule has 0 radical (unpaired) electrons. The van der Waals surface area contributed by atoms with Crippen molar-refractivity contribution in [3.8, 4) is 11.5 Å². The van der Waals surface area contributed by atoms with E-state index in [1.165, 1.54) is 0 Å². The molecular weight excluding hydrogens is 298 g/mol. The van der Waals surface area contributed by atoms with Crippen LogP contribution in [0.5, 0.6) is 11.5 Å². The number of ether oxygens (including phenoxy) is 2. The SMILES string of the molecule is NCC(O)c1cc2c(cc1Br)OC1(CCCC1)O2. The first-order valence-electron chi connectivity index (χ1n) is 6.23. The van der Waals surface area contributed by atoms with Gasteiger partial charge in [0.05, 0.1) is 6.10 Å². The Morgan fingerprint density at radius 3 is 2.50 bits per heavy atom. The lowest BCUT2D eigenvalue weighted by atomic mass is 10.1. The fraction of sp³-hybridized carbons (Fsp3) is 0.538. The van der Waals surface area contributed by atoms with Crippen LogP contribution in [0.4, 0.5) is 0 Å². The maximum atomic E-state index is 9.85.